The van der Waals surface area contributed by atoms with Crippen LogP contribution >= 0.6 is 0 Å². The summed E-state index contributed by atoms with van der Waals surface area (Å²) in [5.41, 5.74) is 0.260. The van der Waals surface area contributed by atoms with Gasteiger partial charge in [-0.05, 0) is 11.0 Å². The first-order chi connectivity index (χ1) is 11.7. The van der Waals surface area contributed by atoms with Crippen molar-refractivity contribution in [1.29, 1.82) is 0 Å². The molecule has 7 nitrogen and oxygen atoms in total. The van der Waals surface area contributed by atoms with Gasteiger partial charge in [0.05, 0.1) is 0 Å². The quantitative estimate of drug-likeness (QED) is 0.650. The third-order valence-corrected chi connectivity index (χ3v) is 3.63. The zero-order valence-electron chi connectivity index (χ0n) is 14.4. The summed E-state index contributed by atoms with van der Waals surface area (Å²) in [7, 11) is 0. The Morgan fingerprint density at radius 1 is 1.08 bits per heavy atom. The smallest absolute Gasteiger partial charge is 0.328 e. The molecule has 0 aliphatic heterocycles. The monoisotopic (exact) mass is 344 g/mol. The molecule has 7 heteroatoms. The van der Waals surface area contributed by atoms with E-state index in [4.69, 9.17) is 4.74 Å². The van der Waals surface area contributed by atoms with E-state index in [-0.39, 0.29) is 17.7 Å². The number of ketones is 1. The summed E-state index contributed by atoms with van der Waals surface area (Å²) in [4.78, 5) is 48.3. The highest BCUT2D eigenvalue weighted by atomic mass is 16.5. The standard InChI is InChI=1S/C18H20N2O5/c1-18(2,3)13-6-4-12(5-7-13)14(21)11-25-16(23)10-20-9-8-15(22)19-17(20)24/h4-9H,10-11H2,1-3H3,(H,19,22,24). The lowest BCUT2D eigenvalue weighted by molar-refractivity contribution is -0.143. The third kappa shape index (κ3) is 5.00. The van der Waals surface area contributed by atoms with Gasteiger partial charge in [0.15, 0.2) is 12.4 Å². The van der Waals surface area contributed by atoms with E-state index >= 15 is 0 Å². The minimum Gasteiger partial charge on any atom is -0.456 e. The van der Waals surface area contributed by atoms with Crippen LogP contribution in [0.15, 0.2) is 46.1 Å². The Morgan fingerprint density at radius 3 is 2.28 bits per heavy atom. The zero-order valence-corrected chi connectivity index (χ0v) is 14.4. The number of hydrogen-bond acceptors (Lipinski definition) is 5. The number of carbonyl (C=O) groups excluding carboxylic acids is 2. The number of rotatable bonds is 5. The van der Waals surface area contributed by atoms with E-state index in [1.54, 1.807) is 12.1 Å². The molecule has 1 N–H and O–H groups in total. The molecule has 0 saturated carbocycles. The lowest BCUT2D eigenvalue weighted by atomic mass is 9.86. The number of nitrogens with one attached hydrogen (secondary N) is 1. The average Bonchev–Trinajstić information content (AvgIpc) is 2.54. The number of benzene rings is 1. The Labute approximate surface area is 144 Å². The van der Waals surface area contributed by atoms with Gasteiger partial charge in [-0.2, -0.15) is 0 Å². The number of ether oxygens (including phenoxy) is 1. The molecule has 1 aromatic carbocycles. The summed E-state index contributed by atoms with van der Waals surface area (Å²) in [6.45, 7) is 5.43. The molecule has 0 aliphatic carbocycles. The molecule has 0 bridgehead atoms. The van der Waals surface area contributed by atoms with Crippen molar-refractivity contribution < 1.29 is 14.3 Å². The lowest BCUT2D eigenvalue weighted by Gasteiger charge is -2.18. The molecule has 0 radical (unpaired) electrons. The van der Waals surface area contributed by atoms with Gasteiger partial charge in [-0.1, -0.05) is 45.0 Å². The molecule has 2 aromatic rings. The number of aromatic nitrogens is 2. The molecule has 0 atom stereocenters. The van der Waals surface area contributed by atoms with E-state index in [2.05, 4.69) is 20.8 Å². The van der Waals surface area contributed by atoms with Crippen LogP contribution in [0.3, 0.4) is 0 Å². The van der Waals surface area contributed by atoms with Gasteiger partial charge in [-0.3, -0.25) is 23.9 Å². The largest absolute Gasteiger partial charge is 0.456 e. The summed E-state index contributed by atoms with van der Waals surface area (Å²) >= 11 is 0. The number of aromatic amines is 1. The van der Waals surface area contributed by atoms with E-state index < -0.39 is 23.8 Å². The predicted molar refractivity (Wildman–Crippen MR) is 91.8 cm³/mol. The molecule has 0 spiro atoms. The summed E-state index contributed by atoms with van der Waals surface area (Å²) in [6, 6.07) is 8.26. The summed E-state index contributed by atoms with van der Waals surface area (Å²) < 4.78 is 5.90. The summed E-state index contributed by atoms with van der Waals surface area (Å²) in [6.07, 6.45) is 1.19. The normalized spacial score (nSPS) is 11.2. The van der Waals surface area contributed by atoms with E-state index in [1.807, 2.05) is 17.1 Å². The van der Waals surface area contributed by atoms with Crippen LogP contribution in [0, 0.1) is 0 Å². The molecule has 0 amide bonds. The second kappa shape index (κ2) is 7.29. The highest BCUT2D eigenvalue weighted by Crippen LogP contribution is 2.22. The van der Waals surface area contributed by atoms with Crippen molar-refractivity contribution in [2.45, 2.75) is 32.7 Å². The van der Waals surface area contributed by atoms with Gasteiger partial charge in [0.1, 0.15) is 6.54 Å². The first-order valence-corrected chi connectivity index (χ1v) is 7.76. The van der Waals surface area contributed by atoms with Gasteiger partial charge >= 0.3 is 11.7 Å². The number of esters is 1. The van der Waals surface area contributed by atoms with Crippen LogP contribution in [-0.2, 0) is 21.5 Å². The van der Waals surface area contributed by atoms with Crippen LogP contribution in [0.2, 0.25) is 0 Å². The van der Waals surface area contributed by atoms with Gasteiger partial charge in [0.2, 0.25) is 0 Å². The van der Waals surface area contributed by atoms with Crippen molar-refractivity contribution in [3.05, 3.63) is 68.5 Å². The number of hydrogen-bond donors (Lipinski definition) is 1. The van der Waals surface area contributed by atoms with E-state index in [9.17, 15) is 19.2 Å². The lowest BCUT2D eigenvalue weighted by Crippen LogP contribution is -2.31. The van der Waals surface area contributed by atoms with Crippen molar-refractivity contribution in [2.75, 3.05) is 6.61 Å². The number of Topliss-reactive ketones (excluding diaryl/α,β-unsaturated/α-hetero) is 1. The fourth-order valence-corrected chi connectivity index (χ4v) is 2.14. The van der Waals surface area contributed by atoms with Gasteiger partial charge in [-0.25, -0.2) is 4.79 Å². The molecule has 0 saturated heterocycles. The van der Waals surface area contributed by atoms with Gasteiger partial charge in [0, 0.05) is 17.8 Å². The first kappa shape index (κ1) is 18.4. The van der Waals surface area contributed by atoms with E-state index in [0.29, 0.717) is 5.56 Å². The Kier molecular flexibility index (Phi) is 5.36. The maximum atomic E-state index is 12.1. The van der Waals surface area contributed by atoms with Gasteiger partial charge in [0.25, 0.3) is 5.56 Å². The highest BCUT2D eigenvalue weighted by molar-refractivity contribution is 5.97. The number of H-pyrrole nitrogens is 1. The molecule has 25 heavy (non-hydrogen) atoms. The Balaban J connectivity index is 1.94. The molecule has 2 rings (SSSR count). The Morgan fingerprint density at radius 2 is 1.72 bits per heavy atom. The number of carbonyl (C=O) groups is 2. The molecule has 1 aromatic heterocycles. The predicted octanol–water partition coefficient (Wildman–Crippen LogP) is 1.26. The minimum atomic E-state index is -0.742. The van der Waals surface area contributed by atoms with Crippen LogP contribution < -0.4 is 11.2 Å². The van der Waals surface area contributed by atoms with Gasteiger partial charge in [-0.15, -0.1) is 0 Å². The van der Waals surface area contributed by atoms with Crippen LogP contribution in [0.1, 0.15) is 36.7 Å². The second-order valence-electron chi connectivity index (χ2n) is 6.65. The van der Waals surface area contributed by atoms with Crippen LogP contribution in [0.4, 0.5) is 0 Å². The highest BCUT2D eigenvalue weighted by Gasteiger charge is 2.15. The van der Waals surface area contributed by atoms with E-state index in [0.717, 1.165) is 16.2 Å². The van der Waals surface area contributed by atoms with Crippen molar-refractivity contribution in [2.24, 2.45) is 0 Å². The van der Waals surface area contributed by atoms with E-state index in [1.165, 1.54) is 6.20 Å². The minimum absolute atomic E-state index is 0.0159. The Hall–Kier alpha value is -2.96. The number of nitrogens with zero attached hydrogens (tertiary/aromatic N) is 1. The van der Waals surface area contributed by atoms with Crippen LogP contribution in [0.25, 0.3) is 0 Å². The summed E-state index contributed by atoms with van der Waals surface area (Å²) in [5, 5.41) is 0. The van der Waals surface area contributed by atoms with Crippen molar-refractivity contribution >= 4 is 11.8 Å². The molecular formula is C18H20N2O5. The van der Waals surface area contributed by atoms with Crippen LogP contribution in [0.5, 0.6) is 0 Å². The molecule has 0 unspecified atom stereocenters. The maximum Gasteiger partial charge on any atom is 0.328 e. The topological polar surface area (TPSA) is 98.2 Å². The molecule has 0 fully saturated rings. The molecule has 1 heterocycles. The van der Waals surface area contributed by atoms with Crippen molar-refractivity contribution in [3.8, 4) is 0 Å². The average molecular weight is 344 g/mol. The van der Waals surface area contributed by atoms with Crippen molar-refractivity contribution in [3.63, 3.8) is 0 Å². The maximum absolute atomic E-state index is 12.1. The fourth-order valence-electron chi connectivity index (χ4n) is 2.14. The Bertz CT molecular complexity index is 885. The SMILES string of the molecule is CC(C)(C)c1ccc(C(=O)COC(=O)Cn2ccc(=O)[nH]c2=O)cc1. The second-order valence-corrected chi connectivity index (χ2v) is 6.65. The zero-order chi connectivity index (χ0) is 18.6. The molecule has 0 aliphatic rings. The van der Waals surface area contributed by atoms with Crippen LogP contribution in [-0.4, -0.2) is 27.9 Å². The first-order valence-electron chi connectivity index (χ1n) is 7.76. The fraction of sp³-hybridized carbons (Fsp3) is 0.333. The summed E-state index contributed by atoms with van der Waals surface area (Å²) in [5.74, 6) is -1.07. The molecule has 132 valence electrons. The van der Waals surface area contributed by atoms with Gasteiger partial charge < -0.3 is 4.74 Å². The molecular weight excluding hydrogens is 324 g/mol. The third-order valence-electron chi connectivity index (χ3n) is 3.63. The van der Waals surface area contributed by atoms with Crippen molar-refractivity contribution in [1.82, 2.24) is 9.55 Å².